The average molecular weight is 269 g/mol. The Labute approximate surface area is 112 Å². The first-order valence-corrected chi connectivity index (χ1v) is 7.00. The molecular formula is C14H18ClFN2. The Kier molecular flexibility index (Phi) is 4.59. The predicted molar refractivity (Wildman–Crippen MR) is 73.6 cm³/mol. The Hall–Kier alpha value is -1.09. The molecule has 18 heavy (non-hydrogen) atoms. The molecule has 0 aliphatic rings. The zero-order valence-corrected chi connectivity index (χ0v) is 11.4. The second-order valence-corrected chi connectivity index (χ2v) is 4.84. The van der Waals surface area contributed by atoms with Crippen molar-refractivity contribution >= 4 is 22.6 Å². The van der Waals surface area contributed by atoms with Gasteiger partial charge in [-0.2, -0.15) is 0 Å². The number of nitrogens with zero attached hydrogens (tertiary/aromatic N) is 2. The number of hydrogen-bond acceptors (Lipinski definition) is 1. The maximum atomic E-state index is 13.3. The van der Waals surface area contributed by atoms with Gasteiger partial charge in [-0.1, -0.05) is 19.8 Å². The van der Waals surface area contributed by atoms with E-state index >= 15 is 0 Å². The van der Waals surface area contributed by atoms with E-state index in [0.29, 0.717) is 5.88 Å². The van der Waals surface area contributed by atoms with E-state index in [1.807, 2.05) is 0 Å². The van der Waals surface area contributed by atoms with Gasteiger partial charge in [0.1, 0.15) is 11.6 Å². The van der Waals surface area contributed by atoms with Crippen LogP contribution in [0.25, 0.3) is 11.0 Å². The third kappa shape index (κ3) is 2.83. The highest BCUT2D eigenvalue weighted by Gasteiger charge is 2.10. The molecular weight excluding hydrogens is 251 g/mol. The fraction of sp³-hybridized carbons (Fsp3) is 0.500. The zero-order valence-electron chi connectivity index (χ0n) is 10.6. The molecule has 0 saturated carbocycles. The molecule has 0 N–H and O–H groups in total. The highest BCUT2D eigenvalue weighted by Crippen LogP contribution is 2.19. The molecule has 0 unspecified atom stereocenters. The van der Waals surface area contributed by atoms with Crippen molar-refractivity contribution in [3.8, 4) is 0 Å². The lowest BCUT2D eigenvalue weighted by molar-refractivity contribution is 0.591. The summed E-state index contributed by atoms with van der Waals surface area (Å²) in [6, 6.07) is 4.75. The molecule has 1 aromatic heterocycles. The van der Waals surface area contributed by atoms with Gasteiger partial charge < -0.3 is 4.57 Å². The van der Waals surface area contributed by atoms with E-state index in [1.165, 1.54) is 18.9 Å². The number of aromatic nitrogens is 2. The van der Waals surface area contributed by atoms with Crippen LogP contribution in [0, 0.1) is 5.82 Å². The molecule has 0 saturated heterocycles. The monoisotopic (exact) mass is 268 g/mol. The Bertz CT molecular complexity index is 522. The Morgan fingerprint density at radius 1 is 1.33 bits per heavy atom. The third-order valence-electron chi connectivity index (χ3n) is 3.09. The third-order valence-corrected chi connectivity index (χ3v) is 3.28. The molecule has 0 bridgehead atoms. The van der Waals surface area contributed by atoms with E-state index in [4.69, 9.17) is 11.6 Å². The number of hydrogen-bond donors (Lipinski definition) is 0. The number of alkyl halides is 1. The van der Waals surface area contributed by atoms with Crippen molar-refractivity contribution in [2.45, 2.75) is 39.2 Å². The summed E-state index contributed by atoms with van der Waals surface area (Å²) in [6.07, 6.45) is 4.17. The molecule has 4 heteroatoms. The van der Waals surface area contributed by atoms with Gasteiger partial charge in [0.15, 0.2) is 0 Å². The predicted octanol–water partition coefficient (Wildman–Crippen LogP) is 4.15. The SMILES string of the molecule is CCCCCn1c(CCCl)nc2ccc(F)cc21. The standard InChI is InChI=1S/C14H18ClFN2/c1-2-3-4-9-18-13-10-11(16)5-6-12(13)17-14(18)7-8-15/h5-6,10H,2-4,7-9H2,1H3. The number of halogens is 2. The van der Waals surface area contributed by atoms with Crippen LogP contribution in [0.3, 0.4) is 0 Å². The van der Waals surface area contributed by atoms with Crippen molar-refractivity contribution in [1.82, 2.24) is 9.55 Å². The smallest absolute Gasteiger partial charge is 0.125 e. The van der Waals surface area contributed by atoms with E-state index in [9.17, 15) is 4.39 Å². The van der Waals surface area contributed by atoms with Crippen molar-refractivity contribution in [2.75, 3.05) is 5.88 Å². The Morgan fingerprint density at radius 2 is 2.17 bits per heavy atom. The van der Waals surface area contributed by atoms with Crippen molar-refractivity contribution in [3.05, 3.63) is 29.8 Å². The van der Waals surface area contributed by atoms with Crippen LogP contribution in [-0.4, -0.2) is 15.4 Å². The van der Waals surface area contributed by atoms with Crippen LogP contribution >= 0.6 is 11.6 Å². The maximum absolute atomic E-state index is 13.3. The van der Waals surface area contributed by atoms with Crippen LogP contribution in [0.4, 0.5) is 4.39 Å². The second kappa shape index (κ2) is 6.19. The van der Waals surface area contributed by atoms with Crippen LogP contribution < -0.4 is 0 Å². The maximum Gasteiger partial charge on any atom is 0.125 e. The molecule has 0 radical (unpaired) electrons. The highest BCUT2D eigenvalue weighted by atomic mass is 35.5. The summed E-state index contributed by atoms with van der Waals surface area (Å²) in [5.41, 5.74) is 1.74. The minimum absolute atomic E-state index is 0.212. The van der Waals surface area contributed by atoms with Crippen molar-refractivity contribution in [3.63, 3.8) is 0 Å². The van der Waals surface area contributed by atoms with Gasteiger partial charge in [0.2, 0.25) is 0 Å². The van der Waals surface area contributed by atoms with Crippen LogP contribution in [0.15, 0.2) is 18.2 Å². The summed E-state index contributed by atoms with van der Waals surface area (Å²) in [6.45, 7) is 3.06. The van der Waals surface area contributed by atoms with Crippen molar-refractivity contribution in [1.29, 1.82) is 0 Å². The molecule has 98 valence electrons. The Morgan fingerprint density at radius 3 is 2.89 bits per heavy atom. The van der Waals surface area contributed by atoms with E-state index in [0.717, 1.165) is 36.2 Å². The number of benzene rings is 1. The largest absolute Gasteiger partial charge is 0.328 e. The molecule has 1 aromatic carbocycles. The van der Waals surface area contributed by atoms with Gasteiger partial charge in [0.05, 0.1) is 11.0 Å². The van der Waals surface area contributed by atoms with Gasteiger partial charge in [0, 0.05) is 18.8 Å². The van der Waals surface area contributed by atoms with Crippen LogP contribution in [0.5, 0.6) is 0 Å². The minimum Gasteiger partial charge on any atom is -0.328 e. The van der Waals surface area contributed by atoms with Crippen LogP contribution in [0.1, 0.15) is 32.0 Å². The Balaban J connectivity index is 2.36. The molecule has 1 heterocycles. The molecule has 0 atom stereocenters. The molecule has 0 amide bonds. The first-order chi connectivity index (χ1) is 8.76. The lowest BCUT2D eigenvalue weighted by atomic mass is 10.2. The summed E-state index contributed by atoms with van der Waals surface area (Å²) >= 11 is 5.80. The van der Waals surface area contributed by atoms with Gasteiger partial charge >= 0.3 is 0 Å². The van der Waals surface area contributed by atoms with E-state index in [2.05, 4.69) is 16.5 Å². The number of rotatable bonds is 6. The molecule has 2 nitrogen and oxygen atoms in total. The normalized spacial score (nSPS) is 11.3. The minimum atomic E-state index is -0.212. The topological polar surface area (TPSA) is 17.8 Å². The van der Waals surface area contributed by atoms with Gasteiger partial charge in [-0.05, 0) is 24.6 Å². The number of fused-ring (bicyclic) bond motifs is 1. The van der Waals surface area contributed by atoms with Crippen LogP contribution in [0.2, 0.25) is 0 Å². The summed E-state index contributed by atoms with van der Waals surface area (Å²) in [7, 11) is 0. The molecule has 2 aromatic rings. The second-order valence-electron chi connectivity index (χ2n) is 4.46. The van der Waals surface area contributed by atoms with Crippen molar-refractivity contribution in [2.24, 2.45) is 0 Å². The number of aryl methyl sites for hydroxylation is 2. The van der Waals surface area contributed by atoms with Crippen LogP contribution in [-0.2, 0) is 13.0 Å². The molecule has 0 aliphatic carbocycles. The van der Waals surface area contributed by atoms with Gasteiger partial charge in [-0.15, -0.1) is 11.6 Å². The van der Waals surface area contributed by atoms with Crippen molar-refractivity contribution < 1.29 is 4.39 Å². The van der Waals surface area contributed by atoms with Gasteiger partial charge in [-0.3, -0.25) is 0 Å². The zero-order chi connectivity index (χ0) is 13.0. The molecule has 0 aliphatic heterocycles. The number of imidazole rings is 1. The van der Waals surface area contributed by atoms with Gasteiger partial charge in [-0.25, -0.2) is 9.37 Å². The average Bonchev–Trinajstić information content (AvgIpc) is 2.68. The lowest BCUT2D eigenvalue weighted by Crippen LogP contribution is -2.05. The first kappa shape index (κ1) is 13.3. The summed E-state index contributed by atoms with van der Waals surface area (Å²) in [5, 5.41) is 0. The van der Waals surface area contributed by atoms with Gasteiger partial charge in [0.25, 0.3) is 0 Å². The summed E-state index contributed by atoms with van der Waals surface area (Å²) < 4.78 is 15.4. The summed E-state index contributed by atoms with van der Waals surface area (Å²) in [5.74, 6) is 1.29. The summed E-state index contributed by atoms with van der Waals surface area (Å²) in [4.78, 5) is 4.53. The molecule has 0 fully saturated rings. The molecule has 0 spiro atoms. The highest BCUT2D eigenvalue weighted by molar-refractivity contribution is 6.17. The fourth-order valence-corrected chi connectivity index (χ4v) is 2.36. The van der Waals surface area contributed by atoms with E-state index in [-0.39, 0.29) is 5.82 Å². The molecule has 2 rings (SSSR count). The lowest BCUT2D eigenvalue weighted by Gasteiger charge is -2.07. The quantitative estimate of drug-likeness (QED) is 0.569. The van der Waals surface area contributed by atoms with E-state index in [1.54, 1.807) is 12.1 Å². The van der Waals surface area contributed by atoms with E-state index < -0.39 is 0 Å². The number of unbranched alkanes of at least 4 members (excludes halogenated alkanes) is 2. The fourth-order valence-electron chi connectivity index (χ4n) is 2.19. The first-order valence-electron chi connectivity index (χ1n) is 6.47.